The van der Waals surface area contributed by atoms with Crippen molar-refractivity contribution in [3.05, 3.63) is 29.6 Å². The van der Waals surface area contributed by atoms with Gasteiger partial charge in [0.2, 0.25) is 0 Å². The molecule has 1 unspecified atom stereocenters. The van der Waals surface area contributed by atoms with Crippen LogP contribution >= 0.6 is 0 Å². The van der Waals surface area contributed by atoms with Gasteiger partial charge in [-0.2, -0.15) is 0 Å². The first-order chi connectivity index (χ1) is 9.40. The highest BCUT2D eigenvalue weighted by Gasteiger charge is 2.29. The number of nitrogens with zero attached hydrogens (tertiary/aromatic N) is 1. The van der Waals surface area contributed by atoms with Crippen molar-refractivity contribution in [3.63, 3.8) is 0 Å². The zero-order chi connectivity index (χ0) is 14.8. The van der Waals surface area contributed by atoms with E-state index in [0.29, 0.717) is 11.8 Å². The molecule has 0 aliphatic carbocycles. The number of hydrogen-bond donors (Lipinski definition) is 1. The molecule has 0 bridgehead atoms. The van der Waals surface area contributed by atoms with Gasteiger partial charge in [-0.3, -0.25) is 4.90 Å². The first-order valence-corrected chi connectivity index (χ1v) is 7.18. The van der Waals surface area contributed by atoms with E-state index in [1.807, 2.05) is 6.07 Å². The van der Waals surface area contributed by atoms with Gasteiger partial charge < -0.3 is 10.1 Å². The van der Waals surface area contributed by atoms with Gasteiger partial charge in [0.15, 0.2) is 11.6 Å². The van der Waals surface area contributed by atoms with E-state index in [4.69, 9.17) is 4.74 Å². The standard InChI is InChI=1S/C16H25FN2O/c1-16(2,3)15-11-19(8-7-18-15)10-12-5-6-14(20-4)13(17)9-12/h5-6,9,15,18H,7-8,10-11H2,1-4H3. The Morgan fingerprint density at radius 3 is 2.75 bits per heavy atom. The molecule has 1 heterocycles. The molecule has 112 valence electrons. The number of halogens is 1. The van der Waals surface area contributed by atoms with E-state index in [9.17, 15) is 4.39 Å². The molecule has 1 atom stereocenters. The molecule has 1 saturated heterocycles. The second-order valence-electron chi connectivity index (χ2n) is 6.58. The van der Waals surface area contributed by atoms with E-state index in [0.717, 1.165) is 31.7 Å². The van der Waals surface area contributed by atoms with Gasteiger partial charge in [-0.1, -0.05) is 26.8 Å². The highest BCUT2D eigenvalue weighted by molar-refractivity contribution is 5.29. The monoisotopic (exact) mass is 280 g/mol. The van der Waals surface area contributed by atoms with Crippen LogP contribution in [0, 0.1) is 11.2 Å². The second-order valence-corrected chi connectivity index (χ2v) is 6.58. The number of ether oxygens (including phenoxy) is 1. The van der Waals surface area contributed by atoms with Gasteiger partial charge in [-0.25, -0.2) is 4.39 Å². The largest absolute Gasteiger partial charge is 0.494 e. The van der Waals surface area contributed by atoms with Crippen LogP contribution in [-0.2, 0) is 6.54 Å². The third-order valence-corrected chi connectivity index (χ3v) is 3.93. The molecule has 1 aromatic carbocycles. The maximum Gasteiger partial charge on any atom is 0.165 e. The third kappa shape index (κ3) is 3.70. The fourth-order valence-electron chi connectivity index (χ4n) is 2.60. The maximum absolute atomic E-state index is 13.7. The summed E-state index contributed by atoms with van der Waals surface area (Å²) in [5, 5.41) is 3.57. The van der Waals surface area contributed by atoms with Crippen molar-refractivity contribution in [2.45, 2.75) is 33.4 Å². The molecule has 1 fully saturated rings. The Hall–Kier alpha value is -1.13. The molecule has 1 aromatic rings. The molecule has 20 heavy (non-hydrogen) atoms. The van der Waals surface area contributed by atoms with Crippen LogP contribution in [0.25, 0.3) is 0 Å². The van der Waals surface area contributed by atoms with E-state index in [1.165, 1.54) is 7.11 Å². The summed E-state index contributed by atoms with van der Waals surface area (Å²) < 4.78 is 18.7. The molecule has 1 aliphatic rings. The lowest BCUT2D eigenvalue weighted by molar-refractivity contribution is 0.129. The van der Waals surface area contributed by atoms with Gasteiger partial charge in [0.05, 0.1) is 7.11 Å². The van der Waals surface area contributed by atoms with Crippen molar-refractivity contribution in [3.8, 4) is 5.75 Å². The highest BCUT2D eigenvalue weighted by Crippen LogP contribution is 2.23. The minimum Gasteiger partial charge on any atom is -0.494 e. The lowest BCUT2D eigenvalue weighted by atomic mass is 9.85. The summed E-state index contributed by atoms with van der Waals surface area (Å²) in [6.07, 6.45) is 0. The smallest absolute Gasteiger partial charge is 0.165 e. The summed E-state index contributed by atoms with van der Waals surface area (Å²) in [5.74, 6) is 0.0223. The minimum atomic E-state index is -0.285. The lowest BCUT2D eigenvalue weighted by Crippen LogP contribution is -2.55. The zero-order valence-corrected chi connectivity index (χ0v) is 12.9. The molecular weight excluding hydrogens is 255 g/mol. The molecule has 2 rings (SSSR count). The third-order valence-electron chi connectivity index (χ3n) is 3.93. The van der Waals surface area contributed by atoms with Crippen LogP contribution < -0.4 is 10.1 Å². The molecule has 4 heteroatoms. The van der Waals surface area contributed by atoms with Crippen LogP contribution in [0.5, 0.6) is 5.75 Å². The predicted octanol–water partition coefficient (Wildman–Crippen LogP) is 2.65. The average molecular weight is 280 g/mol. The normalized spacial score (nSPS) is 20.9. The highest BCUT2D eigenvalue weighted by atomic mass is 19.1. The Balaban J connectivity index is 2.01. The first kappa shape index (κ1) is 15.3. The quantitative estimate of drug-likeness (QED) is 0.921. The van der Waals surface area contributed by atoms with Crippen LogP contribution in [0.15, 0.2) is 18.2 Å². The van der Waals surface area contributed by atoms with Crippen molar-refractivity contribution in [1.82, 2.24) is 10.2 Å². The SMILES string of the molecule is COc1ccc(CN2CCNC(C(C)(C)C)C2)cc1F. The van der Waals surface area contributed by atoms with E-state index >= 15 is 0 Å². The number of rotatable bonds is 3. The first-order valence-electron chi connectivity index (χ1n) is 7.18. The van der Waals surface area contributed by atoms with Crippen LogP contribution in [-0.4, -0.2) is 37.7 Å². The maximum atomic E-state index is 13.7. The Bertz CT molecular complexity index is 456. The van der Waals surface area contributed by atoms with Gasteiger partial charge >= 0.3 is 0 Å². The molecule has 0 amide bonds. The Morgan fingerprint density at radius 2 is 2.15 bits per heavy atom. The summed E-state index contributed by atoms with van der Waals surface area (Å²) in [6, 6.07) is 5.69. The van der Waals surface area contributed by atoms with Gasteiger partial charge in [-0.15, -0.1) is 0 Å². The fourth-order valence-corrected chi connectivity index (χ4v) is 2.60. The molecule has 0 radical (unpaired) electrons. The minimum absolute atomic E-state index is 0.240. The zero-order valence-electron chi connectivity index (χ0n) is 12.9. The number of piperazine rings is 1. The van der Waals surface area contributed by atoms with Crippen molar-refractivity contribution in [2.24, 2.45) is 5.41 Å². The fraction of sp³-hybridized carbons (Fsp3) is 0.625. The average Bonchev–Trinajstić information content (AvgIpc) is 2.38. The van der Waals surface area contributed by atoms with Crippen molar-refractivity contribution >= 4 is 0 Å². The van der Waals surface area contributed by atoms with E-state index in [-0.39, 0.29) is 11.2 Å². The summed E-state index contributed by atoms with van der Waals surface area (Å²) in [7, 11) is 1.49. The van der Waals surface area contributed by atoms with Gasteiger partial charge in [0, 0.05) is 32.2 Å². The van der Waals surface area contributed by atoms with Crippen molar-refractivity contribution in [2.75, 3.05) is 26.7 Å². The summed E-state index contributed by atoms with van der Waals surface area (Å²) in [5.41, 5.74) is 1.24. The number of methoxy groups -OCH3 is 1. The summed E-state index contributed by atoms with van der Waals surface area (Å²) >= 11 is 0. The van der Waals surface area contributed by atoms with Crippen LogP contribution in [0.4, 0.5) is 4.39 Å². The predicted molar refractivity (Wildman–Crippen MR) is 79.5 cm³/mol. The van der Waals surface area contributed by atoms with Gasteiger partial charge in [-0.05, 0) is 23.1 Å². The Morgan fingerprint density at radius 1 is 1.40 bits per heavy atom. The number of hydrogen-bond acceptors (Lipinski definition) is 3. The van der Waals surface area contributed by atoms with E-state index in [2.05, 4.69) is 31.0 Å². The van der Waals surface area contributed by atoms with E-state index in [1.54, 1.807) is 12.1 Å². The van der Waals surface area contributed by atoms with Crippen LogP contribution in [0.3, 0.4) is 0 Å². The van der Waals surface area contributed by atoms with Crippen LogP contribution in [0.2, 0.25) is 0 Å². The van der Waals surface area contributed by atoms with Gasteiger partial charge in [0.25, 0.3) is 0 Å². The summed E-state index contributed by atoms with van der Waals surface area (Å²) in [4.78, 5) is 2.38. The molecule has 0 aromatic heterocycles. The topological polar surface area (TPSA) is 24.5 Å². The molecule has 1 N–H and O–H groups in total. The second kappa shape index (κ2) is 6.10. The van der Waals surface area contributed by atoms with Crippen LogP contribution in [0.1, 0.15) is 26.3 Å². The van der Waals surface area contributed by atoms with Crippen molar-refractivity contribution in [1.29, 1.82) is 0 Å². The molecule has 0 spiro atoms. The molecule has 3 nitrogen and oxygen atoms in total. The molecule has 0 saturated carbocycles. The summed E-state index contributed by atoms with van der Waals surface area (Å²) in [6.45, 7) is 10.5. The Labute approximate surface area is 121 Å². The van der Waals surface area contributed by atoms with Crippen molar-refractivity contribution < 1.29 is 9.13 Å². The van der Waals surface area contributed by atoms with Gasteiger partial charge in [0.1, 0.15) is 0 Å². The molecule has 1 aliphatic heterocycles. The number of benzene rings is 1. The van der Waals surface area contributed by atoms with E-state index < -0.39 is 0 Å². The number of nitrogens with one attached hydrogen (secondary N) is 1. The molecular formula is C16H25FN2O. The Kier molecular flexibility index (Phi) is 4.66. The lowest BCUT2D eigenvalue weighted by Gasteiger charge is -2.40.